The Labute approximate surface area is 91.7 Å². The van der Waals surface area contributed by atoms with Crippen LogP contribution in [0.25, 0.3) is 0 Å². The minimum atomic E-state index is -2.26. The second kappa shape index (κ2) is 4.60. The lowest BCUT2D eigenvalue weighted by molar-refractivity contribution is 0.576. The van der Waals surface area contributed by atoms with Gasteiger partial charge in [-0.3, -0.25) is 4.57 Å². The maximum Gasteiger partial charge on any atom is 0.156 e. The van der Waals surface area contributed by atoms with Gasteiger partial charge in [0.1, 0.15) is 7.14 Å². The first-order chi connectivity index (χ1) is 7.27. The maximum atomic E-state index is 12.8. The first-order valence-corrected chi connectivity index (χ1v) is 8.17. The normalized spacial score (nSPS) is 30.8. The van der Waals surface area contributed by atoms with E-state index in [4.69, 9.17) is 0 Å². The van der Waals surface area contributed by atoms with Crippen LogP contribution in [0, 0.1) is 0 Å². The van der Waals surface area contributed by atoms with Crippen LogP contribution in [0.2, 0.25) is 0 Å². The molecule has 0 N–H and O–H groups in total. The van der Waals surface area contributed by atoms with Crippen LogP contribution < -0.4 is 5.30 Å². The van der Waals surface area contributed by atoms with E-state index in [9.17, 15) is 9.13 Å². The first-order valence-electron chi connectivity index (χ1n) is 5.21. The minimum absolute atomic E-state index is 0.127. The van der Waals surface area contributed by atoms with Gasteiger partial charge in [0, 0.05) is 23.3 Å². The summed E-state index contributed by atoms with van der Waals surface area (Å²) in [7, 11) is -2.13. The molecule has 1 unspecified atom stereocenters. The lowest BCUT2D eigenvalue weighted by atomic mass is 10.3. The standard InChI is InChI=1S/C11H14O2P2/c12-14-9-11-7-4-8-15(11,13)10-5-2-1-3-6-10/h1-3,5-6,11H,4,7-9H2/t11?,15-/m0/s1. The van der Waals surface area contributed by atoms with Crippen molar-refractivity contribution in [1.82, 2.24) is 0 Å². The van der Waals surface area contributed by atoms with E-state index in [-0.39, 0.29) is 14.1 Å². The Balaban J connectivity index is 2.33. The molecule has 1 aromatic carbocycles. The van der Waals surface area contributed by atoms with Crippen molar-refractivity contribution in [2.45, 2.75) is 18.5 Å². The number of hydrogen-bond acceptors (Lipinski definition) is 2. The summed E-state index contributed by atoms with van der Waals surface area (Å²) in [5.41, 5.74) is 0.138. The highest BCUT2D eigenvalue weighted by Gasteiger charge is 2.38. The van der Waals surface area contributed by atoms with Crippen molar-refractivity contribution in [3.63, 3.8) is 0 Å². The molecule has 2 rings (SSSR count). The van der Waals surface area contributed by atoms with E-state index in [1.54, 1.807) is 0 Å². The van der Waals surface area contributed by atoms with Crippen LogP contribution >= 0.6 is 15.6 Å². The molecule has 0 saturated carbocycles. The van der Waals surface area contributed by atoms with Crippen molar-refractivity contribution >= 4 is 20.9 Å². The molecule has 1 saturated heterocycles. The van der Waals surface area contributed by atoms with Gasteiger partial charge in [0.2, 0.25) is 0 Å². The lowest BCUT2D eigenvalue weighted by Gasteiger charge is -2.18. The molecule has 2 atom stereocenters. The molecule has 0 aliphatic carbocycles. The number of rotatable bonds is 3. The fourth-order valence-electron chi connectivity index (χ4n) is 2.28. The van der Waals surface area contributed by atoms with Crippen LogP contribution in [-0.4, -0.2) is 18.0 Å². The SMILES string of the molecule is O=PCC1CCC[P@]1(=O)c1ccccc1. The third-order valence-corrected chi connectivity index (χ3v) is 7.75. The minimum Gasteiger partial charge on any atom is -0.318 e. The molecule has 0 radical (unpaired) electrons. The average Bonchev–Trinajstić information content (AvgIpc) is 2.64. The predicted octanol–water partition coefficient (Wildman–Crippen LogP) is 3.13. The van der Waals surface area contributed by atoms with Gasteiger partial charge >= 0.3 is 0 Å². The van der Waals surface area contributed by atoms with E-state index in [1.807, 2.05) is 30.3 Å². The van der Waals surface area contributed by atoms with Crippen molar-refractivity contribution < 1.29 is 9.13 Å². The molecule has 1 aromatic rings. The fraction of sp³-hybridized carbons (Fsp3) is 0.455. The predicted molar refractivity (Wildman–Crippen MR) is 64.0 cm³/mol. The third-order valence-electron chi connectivity index (χ3n) is 3.10. The van der Waals surface area contributed by atoms with Gasteiger partial charge in [0.25, 0.3) is 0 Å². The Kier molecular flexibility index (Phi) is 3.38. The highest BCUT2D eigenvalue weighted by Crippen LogP contribution is 2.57. The van der Waals surface area contributed by atoms with Crippen molar-refractivity contribution in [2.24, 2.45) is 0 Å². The molecule has 0 aromatic heterocycles. The van der Waals surface area contributed by atoms with Crippen molar-refractivity contribution in [3.05, 3.63) is 30.3 Å². The summed E-state index contributed by atoms with van der Waals surface area (Å²) >= 11 is 0. The van der Waals surface area contributed by atoms with Crippen LogP contribution in [0.4, 0.5) is 0 Å². The molecular formula is C11H14O2P2. The van der Waals surface area contributed by atoms with Gasteiger partial charge in [-0.05, 0) is 12.8 Å². The van der Waals surface area contributed by atoms with Crippen molar-refractivity contribution in [1.29, 1.82) is 0 Å². The topological polar surface area (TPSA) is 34.1 Å². The van der Waals surface area contributed by atoms with E-state index in [0.29, 0.717) is 6.16 Å². The van der Waals surface area contributed by atoms with Gasteiger partial charge in [0.15, 0.2) is 8.46 Å². The maximum absolute atomic E-state index is 12.8. The molecule has 15 heavy (non-hydrogen) atoms. The molecular weight excluding hydrogens is 226 g/mol. The van der Waals surface area contributed by atoms with Gasteiger partial charge in [-0.25, -0.2) is 0 Å². The molecule has 2 nitrogen and oxygen atoms in total. The van der Waals surface area contributed by atoms with Crippen LogP contribution in [0.3, 0.4) is 0 Å². The Morgan fingerprint density at radius 1 is 1.33 bits per heavy atom. The zero-order valence-corrected chi connectivity index (χ0v) is 10.3. The van der Waals surface area contributed by atoms with E-state index in [1.165, 1.54) is 0 Å². The zero-order chi connectivity index (χ0) is 10.7. The molecule has 1 fully saturated rings. The third kappa shape index (κ3) is 2.07. The molecule has 1 heterocycles. The van der Waals surface area contributed by atoms with E-state index < -0.39 is 7.14 Å². The zero-order valence-electron chi connectivity index (χ0n) is 8.50. The molecule has 80 valence electrons. The molecule has 1 aliphatic heterocycles. The highest BCUT2D eigenvalue weighted by atomic mass is 31.2. The van der Waals surface area contributed by atoms with Gasteiger partial charge in [-0.15, -0.1) is 0 Å². The first kappa shape index (κ1) is 11.0. The van der Waals surface area contributed by atoms with Gasteiger partial charge in [-0.2, -0.15) is 0 Å². The summed E-state index contributed by atoms with van der Waals surface area (Å²) in [6.45, 7) is 0. The molecule has 1 aliphatic rings. The Morgan fingerprint density at radius 3 is 2.73 bits per heavy atom. The highest BCUT2D eigenvalue weighted by molar-refractivity contribution is 7.72. The smallest absolute Gasteiger partial charge is 0.156 e. The Bertz CT molecular complexity index is 389. The molecule has 0 bridgehead atoms. The second-order valence-electron chi connectivity index (χ2n) is 3.96. The number of hydrogen-bond donors (Lipinski definition) is 0. The molecule has 4 heteroatoms. The van der Waals surface area contributed by atoms with Gasteiger partial charge < -0.3 is 4.57 Å². The Hall–Kier alpha value is -0.450. The quantitative estimate of drug-likeness (QED) is 0.760. The fourth-order valence-corrected chi connectivity index (χ4v) is 6.87. The monoisotopic (exact) mass is 240 g/mol. The van der Waals surface area contributed by atoms with Crippen molar-refractivity contribution in [3.8, 4) is 0 Å². The summed E-state index contributed by atoms with van der Waals surface area (Å²) in [4.78, 5) is 0. The second-order valence-corrected chi connectivity index (χ2v) is 7.87. The summed E-state index contributed by atoms with van der Waals surface area (Å²) in [5.74, 6) is 0. The summed E-state index contributed by atoms with van der Waals surface area (Å²) in [6.07, 6.45) is 3.30. The van der Waals surface area contributed by atoms with Crippen LogP contribution in [-0.2, 0) is 9.13 Å². The van der Waals surface area contributed by atoms with Gasteiger partial charge in [0.05, 0.1) is 0 Å². The van der Waals surface area contributed by atoms with Crippen LogP contribution in [0.5, 0.6) is 0 Å². The molecule has 0 spiro atoms. The summed E-state index contributed by atoms with van der Waals surface area (Å²) in [5, 5.41) is 0.969. The van der Waals surface area contributed by atoms with Crippen LogP contribution in [0.15, 0.2) is 30.3 Å². The van der Waals surface area contributed by atoms with E-state index in [2.05, 4.69) is 0 Å². The number of benzene rings is 1. The lowest BCUT2D eigenvalue weighted by Crippen LogP contribution is -2.15. The Morgan fingerprint density at radius 2 is 2.07 bits per heavy atom. The van der Waals surface area contributed by atoms with E-state index in [0.717, 1.165) is 24.3 Å². The largest absolute Gasteiger partial charge is 0.318 e. The summed E-state index contributed by atoms with van der Waals surface area (Å²) in [6, 6.07) is 9.69. The summed E-state index contributed by atoms with van der Waals surface area (Å²) < 4.78 is 23.4. The van der Waals surface area contributed by atoms with Crippen LogP contribution in [0.1, 0.15) is 12.8 Å². The average molecular weight is 240 g/mol. The van der Waals surface area contributed by atoms with Gasteiger partial charge in [-0.1, -0.05) is 30.3 Å². The van der Waals surface area contributed by atoms with E-state index >= 15 is 0 Å². The van der Waals surface area contributed by atoms with Crippen molar-refractivity contribution in [2.75, 3.05) is 12.3 Å². The molecule has 0 amide bonds.